The summed E-state index contributed by atoms with van der Waals surface area (Å²) in [6.07, 6.45) is -0.374. The van der Waals surface area contributed by atoms with Crippen LogP contribution in [0.4, 0.5) is 4.79 Å². The Balaban J connectivity index is 1.67. The van der Waals surface area contributed by atoms with Crippen molar-refractivity contribution in [2.45, 2.75) is 19.1 Å². The minimum absolute atomic E-state index is 0.0632. The fourth-order valence-corrected chi connectivity index (χ4v) is 3.56. The fourth-order valence-electron chi connectivity index (χ4n) is 2.89. The van der Waals surface area contributed by atoms with Crippen LogP contribution < -0.4 is 5.32 Å². The summed E-state index contributed by atoms with van der Waals surface area (Å²) in [6.45, 7) is -0.0844. The summed E-state index contributed by atoms with van der Waals surface area (Å²) >= 11 is 0. The lowest BCUT2D eigenvalue weighted by molar-refractivity contribution is -0.171. The van der Waals surface area contributed by atoms with E-state index in [2.05, 4.69) is 5.32 Å². The van der Waals surface area contributed by atoms with Crippen molar-refractivity contribution in [3.05, 3.63) is 71.3 Å². The molecule has 0 radical (unpaired) electrons. The SMILES string of the molecule is CS(=O)(=O)CC[C@@H](NC(=O)OCc1ccccc1)C(=O)ON1C(=O)c2ccccc2C1=O. The molecule has 0 aliphatic carbocycles. The molecule has 1 heterocycles. The van der Waals surface area contributed by atoms with E-state index in [0.29, 0.717) is 5.56 Å². The molecule has 2 aromatic rings. The highest BCUT2D eigenvalue weighted by atomic mass is 32.2. The van der Waals surface area contributed by atoms with Crippen molar-refractivity contribution in [2.75, 3.05) is 12.0 Å². The molecule has 0 spiro atoms. The number of alkyl carbamates (subject to hydrolysis) is 1. The van der Waals surface area contributed by atoms with Gasteiger partial charge in [-0.25, -0.2) is 18.0 Å². The largest absolute Gasteiger partial charge is 0.445 e. The number of rotatable bonds is 8. The van der Waals surface area contributed by atoms with Crippen LogP contribution in [0, 0.1) is 0 Å². The standard InChI is InChI=1S/C21H20N2O8S/c1-32(28,29)12-11-17(22-21(27)30-13-14-7-3-2-4-8-14)20(26)31-23-18(24)15-9-5-6-10-16(15)19(23)25/h2-10,17H,11-13H2,1H3,(H,22,27)/t17-/m1/s1. The molecular formula is C21H20N2O8S. The molecule has 0 aromatic heterocycles. The molecule has 32 heavy (non-hydrogen) atoms. The number of hydrogen-bond acceptors (Lipinski definition) is 8. The molecule has 1 aliphatic rings. The predicted octanol–water partition coefficient (Wildman–Crippen LogP) is 1.47. The van der Waals surface area contributed by atoms with Gasteiger partial charge in [0, 0.05) is 6.26 Å². The molecule has 10 nitrogen and oxygen atoms in total. The van der Waals surface area contributed by atoms with Crippen LogP contribution in [-0.4, -0.2) is 55.4 Å². The molecule has 2 aromatic carbocycles. The Morgan fingerprint density at radius 1 is 0.969 bits per heavy atom. The van der Waals surface area contributed by atoms with Crippen LogP contribution in [0.1, 0.15) is 32.7 Å². The van der Waals surface area contributed by atoms with Crippen LogP contribution in [0.5, 0.6) is 0 Å². The minimum Gasteiger partial charge on any atom is -0.445 e. The van der Waals surface area contributed by atoms with Crippen molar-refractivity contribution in [1.29, 1.82) is 0 Å². The number of benzene rings is 2. The van der Waals surface area contributed by atoms with Gasteiger partial charge in [0.25, 0.3) is 11.8 Å². The van der Waals surface area contributed by atoms with Gasteiger partial charge < -0.3 is 14.9 Å². The monoisotopic (exact) mass is 460 g/mol. The summed E-state index contributed by atoms with van der Waals surface area (Å²) in [5, 5.41) is 2.52. The van der Waals surface area contributed by atoms with E-state index >= 15 is 0 Å². The van der Waals surface area contributed by atoms with Crippen LogP contribution >= 0.6 is 0 Å². The van der Waals surface area contributed by atoms with E-state index in [1.54, 1.807) is 42.5 Å². The highest BCUT2D eigenvalue weighted by Crippen LogP contribution is 2.23. The minimum atomic E-state index is -3.48. The third-order valence-corrected chi connectivity index (χ3v) is 5.48. The second-order valence-corrected chi connectivity index (χ2v) is 9.30. The molecule has 1 atom stereocenters. The molecule has 0 saturated carbocycles. The maximum Gasteiger partial charge on any atom is 0.408 e. The van der Waals surface area contributed by atoms with E-state index in [1.165, 1.54) is 12.1 Å². The van der Waals surface area contributed by atoms with E-state index in [1.807, 2.05) is 0 Å². The zero-order valence-corrected chi connectivity index (χ0v) is 17.8. The second kappa shape index (κ2) is 9.60. The molecule has 1 N–H and O–H groups in total. The number of carbonyl (C=O) groups excluding carboxylic acids is 4. The number of hydrogen-bond donors (Lipinski definition) is 1. The Kier molecular flexibility index (Phi) is 6.89. The molecule has 1 aliphatic heterocycles. The Morgan fingerprint density at radius 2 is 1.53 bits per heavy atom. The van der Waals surface area contributed by atoms with Crippen LogP contribution in [0.3, 0.4) is 0 Å². The van der Waals surface area contributed by atoms with Gasteiger partial charge in [-0.15, -0.1) is 0 Å². The highest BCUT2D eigenvalue weighted by molar-refractivity contribution is 7.90. The molecule has 0 saturated heterocycles. The van der Waals surface area contributed by atoms with Crippen LogP contribution in [-0.2, 0) is 30.8 Å². The van der Waals surface area contributed by atoms with E-state index in [-0.39, 0.29) is 29.2 Å². The molecule has 3 amide bonds. The first-order valence-electron chi connectivity index (χ1n) is 9.50. The van der Waals surface area contributed by atoms with Crippen molar-refractivity contribution in [2.24, 2.45) is 0 Å². The molecular weight excluding hydrogens is 440 g/mol. The Hall–Kier alpha value is -3.73. The molecule has 11 heteroatoms. The summed E-state index contributed by atoms with van der Waals surface area (Å²) in [7, 11) is -3.48. The van der Waals surface area contributed by atoms with Crippen molar-refractivity contribution in [3.63, 3.8) is 0 Å². The average Bonchev–Trinajstić information content (AvgIpc) is 3.00. The summed E-state index contributed by atoms with van der Waals surface area (Å²) in [5.41, 5.74) is 0.824. The summed E-state index contributed by atoms with van der Waals surface area (Å²) in [5.74, 6) is -3.31. The Labute approximate surface area is 184 Å². The zero-order valence-electron chi connectivity index (χ0n) is 17.0. The van der Waals surface area contributed by atoms with Gasteiger partial charge in [-0.1, -0.05) is 47.5 Å². The van der Waals surface area contributed by atoms with Gasteiger partial charge in [0.05, 0.1) is 16.9 Å². The van der Waals surface area contributed by atoms with Gasteiger partial charge in [0.1, 0.15) is 22.5 Å². The summed E-state index contributed by atoms with van der Waals surface area (Å²) in [6, 6.07) is 13.2. The quantitative estimate of drug-likeness (QED) is 0.585. The molecule has 3 rings (SSSR count). The van der Waals surface area contributed by atoms with Crippen LogP contribution in [0.2, 0.25) is 0 Å². The molecule has 0 unspecified atom stereocenters. The first kappa shape index (κ1) is 22.9. The number of nitrogens with zero attached hydrogens (tertiary/aromatic N) is 1. The Bertz CT molecular complexity index is 1110. The van der Waals surface area contributed by atoms with Crippen molar-refractivity contribution in [3.8, 4) is 0 Å². The number of sulfone groups is 1. The van der Waals surface area contributed by atoms with Crippen LogP contribution in [0.15, 0.2) is 54.6 Å². The lowest BCUT2D eigenvalue weighted by atomic mass is 10.1. The number of nitrogens with one attached hydrogen (secondary N) is 1. The van der Waals surface area contributed by atoms with Crippen LogP contribution in [0.25, 0.3) is 0 Å². The van der Waals surface area contributed by atoms with Crippen molar-refractivity contribution < 1.29 is 37.2 Å². The Morgan fingerprint density at radius 3 is 2.09 bits per heavy atom. The highest BCUT2D eigenvalue weighted by Gasteiger charge is 2.40. The zero-order chi connectivity index (χ0) is 23.3. The number of carbonyl (C=O) groups is 4. The van der Waals surface area contributed by atoms with Gasteiger partial charge >= 0.3 is 12.1 Å². The normalized spacial score (nSPS) is 14.0. The smallest absolute Gasteiger partial charge is 0.408 e. The van der Waals surface area contributed by atoms with Gasteiger partial charge in [-0.05, 0) is 24.1 Å². The third kappa shape index (κ3) is 5.70. The van der Waals surface area contributed by atoms with E-state index in [9.17, 15) is 27.6 Å². The van der Waals surface area contributed by atoms with Crippen molar-refractivity contribution >= 4 is 33.7 Å². The molecule has 168 valence electrons. The summed E-state index contributed by atoms with van der Waals surface area (Å²) in [4.78, 5) is 54.5. The topological polar surface area (TPSA) is 136 Å². The lowest BCUT2D eigenvalue weighted by Crippen LogP contribution is -2.46. The number of fused-ring (bicyclic) bond motifs is 1. The number of ether oxygens (including phenoxy) is 1. The van der Waals surface area contributed by atoms with Crippen molar-refractivity contribution in [1.82, 2.24) is 10.4 Å². The predicted molar refractivity (Wildman–Crippen MR) is 111 cm³/mol. The molecule has 0 fully saturated rings. The van der Waals surface area contributed by atoms with Gasteiger partial charge in [-0.2, -0.15) is 0 Å². The molecule has 0 bridgehead atoms. The second-order valence-electron chi connectivity index (χ2n) is 7.04. The van der Waals surface area contributed by atoms with Gasteiger partial charge in [0.2, 0.25) is 0 Å². The number of hydroxylamine groups is 2. The lowest BCUT2D eigenvalue weighted by Gasteiger charge is -2.19. The van der Waals surface area contributed by atoms with E-state index in [4.69, 9.17) is 9.57 Å². The average molecular weight is 460 g/mol. The first-order chi connectivity index (χ1) is 15.2. The van der Waals surface area contributed by atoms with Gasteiger partial charge in [-0.3, -0.25) is 9.59 Å². The number of imide groups is 1. The van der Waals surface area contributed by atoms with Gasteiger partial charge in [0.15, 0.2) is 0 Å². The maximum absolute atomic E-state index is 12.6. The first-order valence-corrected chi connectivity index (χ1v) is 11.6. The third-order valence-electron chi connectivity index (χ3n) is 4.50. The van der Waals surface area contributed by atoms with E-state index < -0.39 is 45.5 Å². The summed E-state index contributed by atoms with van der Waals surface area (Å²) < 4.78 is 28.1. The maximum atomic E-state index is 12.6. The fraction of sp³-hybridized carbons (Fsp3) is 0.238. The van der Waals surface area contributed by atoms with E-state index in [0.717, 1.165) is 6.26 Å². The number of amides is 3.